The average molecular weight is 223 g/mol. The van der Waals surface area contributed by atoms with Crippen molar-refractivity contribution in [3.63, 3.8) is 0 Å². The number of pyridine rings is 1. The van der Waals surface area contributed by atoms with E-state index in [4.69, 9.17) is 11.6 Å². The SMILES string of the molecule is CCn1cc(Nc2ncccc2Cl)cn1. The molecule has 15 heavy (non-hydrogen) atoms. The molecule has 1 N–H and O–H groups in total. The number of nitrogens with zero attached hydrogens (tertiary/aromatic N) is 3. The molecule has 2 rings (SSSR count). The number of halogens is 1. The van der Waals surface area contributed by atoms with Crippen LogP contribution >= 0.6 is 11.6 Å². The zero-order chi connectivity index (χ0) is 10.7. The zero-order valence-corrected chi connectivity index (χ0v) is 9.07. The Kier molecular flexibility index (Phi) is 2.87. The van der Waals surface area contributed by atoms with E-state index in [9.17, 15) is 0 Å². The van der Waals surface area contributed by atoms with Crippen LogP contribution in [0.1, 0.15) is 6.92 Å². The normalized spacial score (nSPS) is 10.3. The minimum Gasteiger partial charge on any atom is -0.336 e. The van der Waals surface area contributed by atoms with Crippen LogP contribution in [0.15, 0.2) is 30.7 Å². The average Bonchev–Trinajstić information content (AvgIpc) is 2.69. The molecule has 0 radical (unpaired) electrons. The number of aromatic nitrogens is 3. The molecule has 0 amide bonds. The van der Waals surface area contributed by atoms with Crippen LogP contribution in [0.4, 0.5) is 11.5 Å². The molecule has 0 aliphatic heterocycles. The molecule has 78 valence electrons. The van der Waals surface area contributed by atoms with E-state index in [2.05, 4.69) is 15.4 Å². The lowest BCUT2D eigenvalue weighted by molar-refractivity contribution is 0.660. The molecule has 0 aromatic carbocycles. The Labute approximate surface area is 92.9 Å². The largest absolute Gasteiger partial charge is 0.336 e. The van der Waals surface area contributed by atoms with Gasteiger partial charge in [0.2, 0.25) is 0 Å². The maximum atomic E-state index is 5.96. The van der Waals surface area contributed by atoms with Crippen LogP contribution in [-0.4, -0.2) is 14.8 Å². The molecule has 2 aromatic rings. The van der Waals surface area contributed by atoms with Crippen molar-refractivity contribution < 1.29 is 0 Å². The molecule has 0 atom stereocenters. The lowest BCUT2D eigenvalue weighted by atomic mass is 10.4. The first-order valence-corrected chi connectivity index (χ1v) is 5.07. The molecule has 0 saturated carbocycles. The van der Waals surface area contributed by atoms with Crippen molar-refractivity contribution in [2.24, 2.45) is 0 Å². The summed E-state index contributed by atoms with van der Waals surface area (Å²) in [5, 5.41) is 7.84. The highest BCUT2D eigenvalue weighted by Gasteiger charge is 2.02. The van der Waals surface area contributed by atoms with E-state index < -0.39 is 0 Å². The van der Waals surface area contributed by atoms with Gasteiger partial charge in [-0.1, -0.05) is 11.6 Å². The van der Waals surface area contributed by atoms with E-state index in [1.165, 1.54) is 0 Å². The minimum absolute atomic E-state index is 0.599. The van der Waals surface area contributed by atoms with Gasteiger partial charge >= 0.3 is 0 Å². The lowest BCUT2D eigenvalue weighted by Gasteiger charge is -2.03. The highest BCUT2D eigenvalue weighted by atomic mass is 35.5. The van der Waals surface area contributed by atoms with Gasteiger partial charge in [0, 0.05) is 18.9 Å². The number of rotatable bonds is 3. The molecular weight excluding hydrogens is 212 g/mol. The topological polar surface area (TPSA) is 42.7 Å². The van der Waals surface area contributed by atoms with Gasteiger partial charge in [-0.2, -0.15) is 5.10 Å². The van der Waals surface area contributed by atoms with Gasteiger partial charge in [0.25, 0.3) is 0 Å². The second-order valence-corrected chi connectivity index (χ2v) is 3.45. The van der Waals surface area contributed by atoms with Crippen LogP contribution in [-0.2, 0) is 6.54 Å². The molecule has 0 bridgehead atoms. The summed E-state index contributed by atoms with van der Waals surface area (Å²) in [4.78, 5) is 4.13. The second-order valence-electron chi connectivity index (χ2n) is 3.04. The molecule has 0 unspecified atom stereocenters. The number of anilines is 2. The zero-order valence-electron chi connectivity index (χ0n) is 8.31. The number of nitrogens with one attached hydrogen (secondary N) is 1. The molecule has 0 fully saturated rings. The Morgan fingerprint density at radius 1 is 1.53 bits per heavy atom. The van der Waals surface area contributed by atoms with Crippen molar-refractivity contribution in [2.75, 3.05) is 5.32 Å². The molecule has 0 spiro atoms. The fourth-order valence-corrected chi connectivity index (χ4v) is 1.38. The van der Waals surface area contributed by atoms with Crippen LogP contribution < -0.4 is 5.32 Å². The summed E-state index contributed by atoms with van der Waals surface area (Å²) in [7, 11) is 0. The summed E-state index contributed by atoms with van der Waals surface area (Å²) in [5.41, 5.74) is 0.887. The standard InChI is InChI=1S/C10H11ClN4/c1-2-15-7-8(6-13-15)14-10-9(11)4-3-5-12-10/h3-7H,2H2,1H3,(H,12,14). The van der Waals surface area contributed by atoms with Crippen LogP contribution in [0.3, 0.4) is 0 Å². The van der Waals surface area contributed by atoms with Gasteiger partial charge in [-0.25, -0.2) is 4.98 Å². The van der Waals surface area contributed by atoms with E-state index in [0.717, 1.165) is 12.2 Å². The van der Waals surface area contributed by atoms with Gasteiger partial charge in [-0.15, -0.1) is 0 Å². The van der Waals surface area contributed by atoms with Crippen molar-refractivity contribution in [3.8, 4) is 0 Å². The fourth-order valence-electron chi connectivity index (χ4n) is 1.22. The Morgan fingerprint density at radius 3 is 3.07 bits per heavy atom. The molecular formula is C10H11ClN4. The second kappa shape index (κ2) is 4.31. The van der Waals surface area contributed by atoms with Crippen LogP contribution in [0.2, 0.25) is 5.02 Å². The van der Waals surface area contributed by atoms with E-state index in [-0.39, 0.29) is 0 Å². The maximum Gasteiger partial charge on any atom is 0.149 e. The Morgan fingerprint density at radius 2 is 2.40 bits per heavy atom. The smallest absolute Gasteiger partial charge is 0.149 e. The molecule has 0 aliphatic carbocycles. The third kappa shape index (κ3) is 2.27. The molecule has 0 saturated heterocycles. The van der Waals surface area contributed by atoms with E-state index in [0.29, 0.717) is 10.8 Å². The van der Waals surface area contributed by atoms with Gasteiger partial charge in [-0.3, -0.25) is 4.68 Å². The van der Waals surface area contributed by atoms with Crippen molar-refractivity contribution in [1.82, 2.24) is 14.8 Å². The van der Waals surface area contributed by atoms with Crippen LogP contribution in [0.5, 0.6) is 0 Å². The summed E-state index contributed by atoms with van der Waals surface area (Å²) >= 11 is 5.96. The summed E-state index contributed by atoms with van der Waals surface area (Å²) in [6, 6.07) is 3.59. The van der Waals surface area contributed by atoms with Gasteiger partial charge in [-0.05, 0) is 19.1 Å². The Bertz CT molecular complexity index is 452. The molecule has 5 heteroatoms. The Hall–Kier alpha value is -1.55. The number of aryl methyl sites for hydroxylation is 1. The van der Waals surface area contributed by atoms with Crippen molar-refractivity contribution in [3.05, 3.63) is 35.7 Å². The van der Waals surface area contributed by atoms with E-state index in [1.807, 2.05) is 17.8 Å². The van der Waals surface area contributed by atoms with Crippen molar-refractivity contribution in [2.45, 2.75) is 13.5 Å². The van der Waals surface area contributed by atoms with Crippen molar-refractivity contribution >= 4 is 23.1 Å². The third-order valence-electron chi connectivity index (χ3n) is 1.98. The predicted molar refractivity (Wildman–Crippen MR) is 60.4 cm³/mol. The monoisotopic (exact) mass is 222 g/mol. The van der Waals surface area contributed by atoms with E-state index in [1.54, 1.807) is 24.5 Å². The van der Waals surface area contributed by atoms with E-state index >= 15 is 0 Å². The first-order valence-electron chi connectivity index (χ1n) is 4.69. The lowest BCUT2D eigenvalue weighted by Crippen LogP contribution is -1.94. The van der Waals surface area contributed by atoms with Gasteiger partial charge in [0.1, 0.15) is 5.82 Å². The maximum absolute atomic E-state index is 5.96. The highest BCUT2D eigenvalue weighted by Crippen LogP contribution is 2.21. The minimum atomic E-state index is 0.599. The first kappa shape index (κ1) is 9.98. The summed E-state index contributed by atoms with van der Waals surface area (Å²) in [6.07, 6.45) is 5.35. The fraction of sp³-hybridized carbons (Fsp3) is 0.200. The van der Waals surface area contributed by atoms with Gasteiger partial charge < -0.3 is 5.32 Å². The Balaban J connectivity index is 2.18. The van der Waals surface area contributed by atoms with Crippen LogP contribution in [0.25, 0.3) is 0 Å². The quantitative estimate of drug-likeness (QED) is 0.868. The van der Waals surface area contributed by atoms with Crippen molar-refractivity contribution in [1.29, 1.82) is 0 Å². The molecule has 2 heterocycles. The highest BCUT2D eigenvalue weighted by molar-refractivity contribution is 6.33. The number of hydrogen-bond acceptors (Lipinski definition) is 3. The summed E-state index contributed by atoms with van der Waals surface area (Å²) < 4.78 is 1.83. The molecule has 0 aliphatic rings. The summed E-state index contributed by atoms with van der Waals surface area (Å²) in [5.74, 6) is 0.648. The number of hydrogen-bond donors (Lipinski definition) is 1. The summed E-state index contributed by atoms with van der Waals surface area (Å²) in [6.45, 7) is 2.88. The van der Waals surface area contributed by atoms with Gasteiger partial charge in [0.15, 0.2) is 0 Å². The molecule has 4 nitrogen and oxygen atoms in total. The predicted octanol–water partition coefficient (Wildman–Crippen LogP) is 2.70. The van der Waals surface area contributed by atoms with Crippen LogP contribution in [0, 0.1) is 0 Å². The third-order valence-corrected chi connectivity index (χ3v) is 2.28. The van der Waals surface area contributed by atoms with Gasteiger partial charge in [0.05, 0.1) is 16.9 Å². The molecule has 2 aromatic heterocycles. The first-order chi connectivity index (χ1) is 7.29.